The Morgan fingerprint density at radius 2 is 1.95 bits per heavy atom. The molecule has 0 bridgehead atoms. The molecule has 22 heavy (non-hydrogen) atoms. The summed E-state index contributed by atoms with van der Waals surface area (Å²) in [7, 11) is 1.54. The maximum Gasteiger partial charge on any atom is 0.323 e. The van der Waals surface area contributed by atoms with Gasteiger partial charge in [0.1, 0.15) is 6.04 Å². The molecule has 0 radical (unpaired) electrons. The number of carbonyl (C=O) groups is 1. The molecule has 3 atom stereocenters. The zero-order valence-electron chi connectivity index (χ0n) is 14.1. The summed E-state index contributed by atoms with van der Waals surface area (Å²) in [6, 6.07) is 0.0128. The number of nitrogens with one attached hydrogen (secondary N) is 1. The Hall–Kier alpha value is -0.610. The van der Waals surface area contributed by atoms with Crippen molar-refractivity contribution in [1.82, 2.24) is 10.2 Å². The Bertz CT molecular complexity index is 362. The smallest absolute Gasteiger partial charge is 0.323 e. The van der Waals surface area contributed by atoms with E-state index < -0.39 is 0 Å². The van der Waals surface area contributed by atoms with Gasteiger partial charge in [0, 0.05) is 13.1 Å². The van der Waals surface area contributed by atoms with Crippen LogP contribution in [0.3, 0.4) is 0 Å². The van der Waals surface area contributed by atoms with Crippen molar-refractivity contribution in [2.24, 2.45) is 17.8 Å². The molecule has 2 heterocycles. The minimum Gasteiger partial charge on any atom is -0.468 e. The van der Waals surface area contributed by atoms with E-state index >= 15 is 0 Å². The molecule has 3 rings (SSSR count). The van der Waals surface area contributed by atoms with Crippen molar-refractivity contribution in [3.05, 3.63) is 0 Å². The van der Waals surface area contributed by atoms with Crippen LogP contribution < -0.4 is 5.32 Å². The Balaban J connectivity index is 1.61. The molecule has 0 aromatic heterocycles. The molecule has 0 aromatic rings. The molecule has 4 heteroatoms. The highest BCUT2D eigenvalue weighted by Crippen LogP contribution is 2.38. The standard InChI is InChI=1S/C18H32N2O2/c1-22-18(21)17-10-16(15-7-3-2-4-8-15)13-20(17)12-14-6-5-9-19-11-14/h14-17,19H,2-13H2,1H3. The summed E-state index contributed by atoms with van der Waals surface area (Å²) in [6.07, 6.45) is 10.5. The van der Waals surface area contributed by atoms with Gasteiger partial charge in [-0.1, -0.05) is 32.1 Å². The van der Waals surface area contributed by atoms with Gasteiger partial charge < -0.3 is 10.1 Å². The van der Waals surface area contributed by atoms with Crippen LogP contribution >= 0.6 is 0 Å². The third-order valence-electron chi connectivity index (χ3n) is 6.12. The zero-order chi connectivity index (χ0) is 15.4. The number of rotatable bonds is 4. The highest BCUT2D eigenvalue weighted by Gasteiger charge is 2.41. The van der Waals surface area contributed by atoms with Crippen LogP contribution in [-0.4, -0.2) is 50.2 Å². The molecule has 0 amide bonds. The quantitative estimate of drug-likeness (QED) is 0.810. The summed E-state index contributed by atoms with van der Waals surface area (Å²) in [5, 5.41) is 3.50. The number of nitrogens with zero attached hydrogens (tertiary/aromatic N) is 1. The van der Waals surface area contributed by atoms with Gasteiger partial charge in [0.25, 0.3) is 0 Å². The van der Waals surface area contributed by atoms with Gasteiger partial charge in [0.2, 0.25) is 0 Å². The lowest BCUT2D eigenvalue weighted by Crippen LogP contribution is -2.43. The summed E-state index contributed by atoms with van der Waals surface area (Å²) in [5.74, 6) is 2.24. The molecule has 1 aliphatic carbocycles. The molecule has 3 fully saturated rings. The van der Waals surface area contributed by atoms with Crippen molar-refractivity contribution in [3.8, 4) is 0 Å². The first kappa shape index (κ1) is 16.3. The molecule has 0 spiro atoms. The van der Waals surface area contributed by atoms with E-state index in [1.165, 1.54) is 52.1 Å². The number of ether oxygens (including phenoxy) is 1. The average Bonchev–Trinajstić information content (AvgIpc) is 3.00. The van der Waals surface area contributed by atoms with E-state index in [2.05, 4.69) is 10.2 Å². The van der Waals surface area contributed by atoms with E-state index in [0.717, 1.165) is 38.5 Å². The molecule has 3 unspecified atom stereocenters. The van der Waals surface area contributed by atoms with Gasteiger partial charge in [-0.25, -0.2) is 0 Å². The minimum absolute atomic E-state index is 0.0120. The lowest BCUT2D eigenvalue weighted by molar-refractivity contribution is -0.146. The third kappa shape index (κ3) is 3.83. The van der Waals surface area contributed by atoms with Gasteiger partial charge >= 0.3 is 5.97 Å². The van der Waals surface area contributed by atoms with Gasteiger partial charge in [0.05, 0.1) is 7.11 Å². The molecule has 2 aliphatic heterocycles. The molecule has 0 aromatic carbocycles. The monoisotopic (exact) mass is 308 g/mol. The van der Waals surface area contributed by atoms with E-state index in [-0.39, 0.29) is 12.0 Å². The summed E-state index contributed by atoms with van der Waals surface area (Å²) < 4.78 is 5.09. The van der Waals surface area contributed by atoms with E-state index in [9.17, 15) is 4.79 Å². The molecular weight excluding hydrogens is 276 g/mol. The molecule has 1 N–H and O–H groups in total. The van der Waals surface area contributed by atoms with Gasteiger partial charge in [-0.3, -0.25) is 9.69 Å². The number of methoxy groups -OCH3 is 1. The fourth-order valence-electron chi connectivity index (χ4n) is 4.88. The molecular formula is C18H32N2O2. The van der Waals surface area contributed by atoms with E-state index in [1.54, 1.807) is 0 Å². The first-order valence-corrected chi connectivity index (χ1v) is 9.30. The van der Waals surface area contributed by atoms with Gasteiger partial charge in [-0.15, -0.1) is 0 Å². The summed E-state index contributed by atoms with van der Waals surface area (Å²) in [6.45, 7) is 4.44. The second-order valence-electron chi connectivity index (χ2n) is 7.60. The Morgan fingerprint density at radius 3 is 2.64 bits per heavy atom. The van der Waals surface area contributed by atoms with Crippen LogP contribution in [0, 0.1) is 17.8 Å². The number of piperidine rings is 1. The molecule has 4 nitrogen and oxygen atoms in total. The maximum absolute atomic E-state index is 12.2. The van der Waals surface area contributed by atoms with Crippen LogP contribution in [0.15, 0.2) is 0 Å². The van der Waals surface area contributed by atoms with Crippen molar-refractivity contribution in [2.45, 2.75) is 57.4 Å². The van der Waals surface area contributed by atoms with Gasteiger partial charge in [-0.2, -0.15) is 0 Å². The van der Waals surface area contributed by atoms with Crippen molar-refractivity contribution in [3.63, 3.8) is 0 Å². The van der Waals surface area contributed by atoms with Crippen LogP contribution in [0.25, 0.3) is 0 Å². The van der Waals surface area contributed by atoms with E-state index in [0.29, 0.717) is 11.8 Å². The average molecular weight is 308 g/mol. The fourth-order valence-corrected chi connectivity index (χ4v) is 4.88. The van der Waals surface area contributed by atoms with Crippen LogP contribution in [-0.2, 0) is 9.53 Å². The highest BCUT2D eigenvalue weighted by atomic mass is 16.5. The van der Waals surface area contributed by atoms with Crippen molar-refractivity contribution < 1.29 is 9.53 Å². The summed E-state index contributed by atoms with van der Waals surface area (Å²) >= 11 is 0. The molecule has 1 saturated carbocycles. The van der Waals surface area contributed by atoms with Crippen molar-refractivity contribution in [1.29, 1.82) is 0 Å². The van der Waals surface area contributed by atoms with Crippen LogP contribution in [0.1, 0.15) is 51.4 Å². The topological polar surface area (TPSA) is 41.6 Å². The lowest BCUT2D eigenvalue weighted by Gasteiger charge is -2.31. The third-order valence-corrected chi connectivity index (χ3v) is 6.12. The van der Waals surface area contributed by atoms with Crippen LogP contribution in [0.2, 0.25) is 0 Å². The second-order valence-corrected chi connectivity index (χ2v) is 7.60. The second kappa shape index (κ2) is 7.78. The number of hydrogen-bond acceptors (Lipinski definition) is 4. The number of hydrogen-bond donors (Lipinski definition) is 1. The molecule has 3 aliphatic rings. The summed E-state index contributed by atoms with van der Waals surface area (Å²) in [4.78, 5) is 14.7. The number of likely N-dealkylation sites (tertiary alicyclic amines) is 1. The first-order chi connectivity index (χ1) is 10.8. The van der Waals surface area contributed by atoms with Gasteiger partial charge in [0.15, 0.2) is 0 Å². The lowest BCUT2D eigenvalue weighted by atomic mass is 9.79. The fraction of sp³-hybridized carbons (Fsp3) is 0.944. The maximum atomic E-state index is 12.2. The van der Waals surface area contributed by atoms with Crippen LogP contribution in [0.5, 0.6) is 0 Å². The number of esters is 1. The van der Waals surface area contributed by atoms with Crippen LogP contribution in [0.4, 0.5) is 0 Å². The Labute approximate surface area is 135 Å². The largest absolute Gasteiger partial charge is 0.468 e. The zero-order valence-corrected chi connectivity index (χ0v) is 14.1. The Morgan fingerprint density at radius 1 is 1.14 bits per heavy atom. The highest BCUT2D eigenvalue weighted by molar-refractivity contribution is 5.76. The molecule has 2 saturated heterocycles. The number of carbonyl (C=O) groups excluding carboxylic acids is 1. The predicted octanol–water partition coefficient (Wildman–Crippen LogP) is 2.43. The van der Waals surface area contributed by atoms with Gasteiger partial charge in [-0.05, 0) is 50.1 Å². The van der Waals surface area contributed by atoms with Crippen molar-refractivity contribution >= 4 is 5.97 Å². The minimum atomic E-state index is -0.0120. The van der Waals surface area contributed by atoms with E-state index in [4.69, 9.17) is 4.74 Å². The van der Waals surface area contributed by atoms with E-state index in [1.807, 2.05) is 0 Å². The summed E-state index contributed by atoms with van der Waals surface area (Å²) in [5.41, 5.74) is 0. The molecule has 126 valence electrons. The Kier molecular flexibility index (Phi) is 5.75. The first-order valence-electron chi connectivity index (χ1n) is 9.30. The SMILES string of the molecule is COC(=O)C1CC(C2CCCCC2)CN1CC1CCCNC1. The predicted molar refractivity (Wildman–Crippen MR) is 87.7 cm³/mol. The normalized spacial score (nSPS) is 34.7. The van der Waals surface area contributed by atoms with Crippen molar-refractivity contribution in [2.75, 3.05) is 33.3 Å².